The van der Waals surface area contributed by atoms with Gasteiger partial charge in [-0.2, -0.15) is 0 Å². The zero-order chi connectivity index (χ0) is 17.1. The Morgan fingerprint density at radius 1 is 0.840 bits per heavy atom. The van der Waals surface area contributed by atoms with Crippen LogP contribution in [0.4, 0.5) is 23.0 Å². The molecule has 0 unspecified atom stereocenters. The third kappa shape index (κ3) is 3.59. The number of hydrogen-bond acceptors (Lipinski definition) is 6. The van der Waals surface area contributed by atoms with Crippen LogP contribution in [0.15, 0.2) is 54.9 Å². The Kier molecular flexibility index (Phi) is 4.26. The second-order valence-corrected chi connectivity index (χ2v) is 5.78. The maximum absolute atomic E-state index is 6.16. The van der Waals surface area contributed by atoms with Gasteiger partial charge in [-0.3, -0.25) is 0 Å². The molecule has 1 aliphatic heterocycles. The summed E-state index contributed by atoms with van der Waals surface area (Å²) >= 11 is 6.16. The van der Waals surface area contributed by atoms with E-state index in [1.165, 1.54) is 6.33 Å². The van der Waals surface area contributed by atoms with Gasteiger partial charge in [0.1, 0.15) is 31.2 Å². The maximum Gasteiger partial charge on any atom is 0.163 e. The molecule has 126 valence electrons. The average Bonchev–Trinajstić information content (AvgIpc) is 2.64. The molecule has 2 N–H and O–H groups in total. The molecule has 0 bridgehead atoms. The van der Waals surface area contributed by atoms with E-state index in [2.05, 4.69) is 20.6 Å². The number of rotatable bonds is 4. The summed E-state index contributed by atoms with van der Waals surface area (Å²) in [4.78, 5) is 8.47. The van der Waals surface area contributed by atoms with Crippen LogP contribution in [0.25, 0.3) is 0 Å². The van der Waals surface area contributed by atoms with Crippen LogP contribution in [0.5, 0.6) is 11.5 Å². The van der Waals surface area contributed by atoms with Gasteiger partial charge in [-0.05, 0) is 24.3 Å². The fourth-order valence-electron chi connectivity index (χ4n) is 2.46. The summed E-state index contributed by atoms with van der Waals surface area (Å²) < 4.78 is 11.1. The molecule has 7 heteroatoms. The summed E-state index contributed by atoms with van der Waals surface area (Å²) in [5, 5.41) is 7.04. The van der Waals surface area contributed by atoms with Gasteiger partial charge in [0.05, 0.1) is 10.7 Å². The summed E-state index contributed by atoms with van der Waals surface area (Å²) in [6.07, 6.45) is 1.49. The molecule has 6 nitrogen and oxygen atoms in total. The van der Waals surface area contributed by atoms with Crippen molar-refractivity contribution in [1.82, 2.24) is 9.97 Å². The predicted octanol–water partition coefficient (Wildman–Crippen LogP) is 4.39. The van der Waals surface area contributed by atoms with Gasteiger partial charge in [0.2, 0.25) is 0 Å². The summed E-state index contributed by atoms with van der Waals surface area (Å²) in [6, 6.07) is 15.0. The van der Waals surface area contributed by atoms with Gasteiger partial charge in [-0.1, -0.05) is 23.7 Å². The van der Waals surface area contributed by atoms with E-state index < -0.39 is 0 Å². The third-order valence-electron chi connectivity index (χ3n) is 3.62. The molecule has 0 saturated heterocycles. The lowest BCUT2D eigenvalue weighted by atomic mass is 10.2. The Morgan fingerprint density at radius 3 is 2.44 bits per heavy atom. The van der Waals surface area contributed by atoms with Gasteiger partial charge >= 0.3 is 0 Å². The largest absolute Gasteiger partial charge is 0.486 e. The molecule has 0 saturated carbocycles. The zero-order valence-corrected chi connectivity index (χ0v) is 14.0. The van der Waals surface area contributed by atoms with Gasteiger partial charge in [-0.25, -0.2) is 9.97 Å². The van der Waals surface area contributed by atoms with Gasteiger partial charge in [-0.15, -0.1) is 0 Å². The normalized spacial score (nSPS) is 12.5. The van der Waals surface area contributed by atoms with Crippen molar-refractivity contribution in [2.24, 2.45) is 0 Å². The fraction of sp³-hybridized carbons (Fsp3) is 0.111. The minimum Gasteiger partial charge on any atom is -0.486 e. The number of ether oxygens (including phenoxy) is 2. The molecule has 0 fully saturated rings. The molecule has 0 spiro atoms. The number of hydrogen-bond donors (Lipinski definition) is 2. The first-order valence-corrected chi connectivity index (χ1v) is 8.16. The molecule has 1 aliphatic rings. The van der Waals surface area contributed by atoms with E-state index in [4.69, 9.17) is 21.1 Å². The van der Waals surface area contributed by atoms with Crippen LogP contribution < -0.4 is 20.1 Å². The van der Waals surface area contributed by atoms with Crippen LogP contribution in [0, 0.1) is 0 Å². The SMILES string of the molecule is Clc1ccccc1Nc1cc(Nc2ccc3c(c2)OCCO3)ncn1. The van der Waals surface area contributed by atoms with Crippen molar-refractivity contribution in [3.8, 4) is 11.5 Å². The minimum atomic E-state index is 0.551. The number of nitrogens with zero attached hydrogens (tertiary/aromatic N) is 2. The summed E-state index contributed by atoms with van der Waals surface area (Å²) in [7, 11) is 0. The zero-order valence-electron chi connectivity index (χ0n) is 13.2. The first-order chi connectivity index (χ1) is 12.3. The summed E-state index contributed by atoms with van der Waals surface area (Å²) in [6.45, 7) is 1.12. The fourth-order valence-corrected chi connectivity index (χ4v) is 2.65. The average molecular weight is 355 g/mol. The van der Waals surface area contributed by atoms with E-state index in [-0.39, 0.29) is 0 Å². The van der Waals surface area contributed by atoms with Crippen molar-refractivity contribution in [1.29, 1.82) is 0 Å². The lowest BCUT2D eigenvalue weighted by Gasteiger charge is -2.19. The highest BCUT2D eigenvalue weighted by molar-refractivity contribution is 6.33. The highest BCUT2D eigenvalue weighted by atomic mass is 35.5. The first kappa shape index (κ1) is 15.5. The maximum atomic E-state index is 6.16. The van der Waals surface area contributed by atoms with Crippen LogP contribution in [-0.4, -0.2) is 23.2 Å². The van der Waals surface area contributed by atoms with Crippen LogP contribution in [0.2, 0.25) is 5.02 Å². The Balaban J connectivity index is 1.53. The van der Waals surface area contributed by atoms with Crippen molar-refractivity contribution in [3.63, 3.8) is 0 Å². The van der Waals surface area contributed by atoms with Crippen molar-refractivity contribution in [2.45, 2.75) is 0 Å². The van der Waals surface area contributed by atoms with Gasteiger partial charge in [0.25, 0.3) is 0 Å². The molecule has 1 aromatic heterocycles. The van der Waals surface area contributed by atoms with Crippen molar-refractivity contribution >= 4 is 34.6 Å². The highest BCUT2D eigenvalue weighted by Gasteiger charge is 2.12. The van der Waals surface area contributed by atoms with Gasteiger partial charge in [0, 0.05) is 17.8 Å². The molecule has 0 atom stereocenters. The molecule has 4 rings (SSSR count). The second-order valence-electron chi connectivity index (χ2n) is 5.38. The Morgan fingerprint density at radius 2 is 1.60 bits per heavy atom. The smallest absolute Gasteiger partial charge is 0.163 e. The molecule has 0 amide bonds. The standard InChI is InChI=1S/C18H15ClN4O2/c19-13-3-1-2-4-14(13)23-18-10-17(20-11-21-18)22-12-5-6-15-16(9-12)25-8-7-24-15/h1-6,9-11H,7-8H2,(H2,20,21,22,23). The molecule has 0 radical (unpaired) electrons. The molecular formula is C18H15ClN4O2. The van der Waals surface area contributed by atoms with Crippen LogP contribution in [0.1, 0.15) is 0 Å². The summed E-state index contributed by atoms with van der Waals surface area (Å²) in [5.41, 5.74) is 1.64. The topological polar surface area (TPSA) is 68.3 Å². The molecule has 2 heterocycles. The molecular weight excluding hydrogens is 340 g/mol. The number of anilines is 4. The third-order valence-corrected chi connectivity index (χ3v) is 3.95. The van der Waals surface area contributed by atoms with Crippen LogP contribution in [0.3, 0.4) is 0 Å². The van der Waals surface area contributed by atoms with E-state index in [1.807, 2.05) is 42.5 Å². The van der Waals surface area contributed by atoms with Crippen LogP contribution in [-0.2, 0) is 0 Å². The molecule has 25 heavy (non-hydrogen) atoms. The van der Waals surface area contributed by atoms with E-state index in [0.717, 1.165) is 22.9 Å². The van der Waals surface area contributed by atoms with E-state index >= 15 is 0 Å². The van der Waals surface area contributed by atoms with Crippen molar-refractivity contribution < 1.29 is 9.47 Å². The lowest BCUT2D eigenvalue weighted by Crippen LogP contribution is -2.15. The number of aromatic nitrogens is 2. The molecule has 3 aromatic rings. The number of halogens is 1. The monoisotopic (exact) mass is 354 g/mol. The number of benzene rings is 2. The highest BCUT2D eigenvalue weighted by Crippen LogP contribution is 2.33. The van der Waals surface area contributed by atoms with Crippen LogP contribution >= 0.6 is 11.6 Å². The van der Waals surface area contributed by atoms with Gasteiger partial charge < -0.3 is 20.1 Å². The number of fused-ring (bicyclic) bond motifs is 1. The Hall–Kier alpha value is -2.99. The van der Waals surface area contributed by atoms with E-state index in [1.54, 1.807) is 6.07 Å². The summed E-state index contributed by atoms with van der Waals surface area (Å²) in [5.74, 6) is 2.77. The van der Waals surface area contributed by atoms with Crippen molar-refractivity contribution in [2.75, 3.05) is 23.8 Å². The predicted molar refractivity (Wildman–Crippen MR) is 97.5 cm³/mol. The van der Waals surface area contributed by atoms with E-state index in [0.29, 0.717) is 29.9 Å². The molecule has 2 aromatic carbocycles. The Bertz CT molecular complexity index is 904. The molecule has 0 aliphatic carbocycles. The second kappa shape index (κ2) is 6.86. The quantitative estimate of drug-likeness (QED) is 0.724. The Labute approximate surface area is 149 Å². The number of para-hydroxylation sites is 1. The van der Waals surface area contributed by atoms with Crippen molar-refractivity contribution in [3.05, 3.63) is 59.9 Å². The lowest BCUT2D eigenvalue weighted by molar-refractivity contribution is 0.171. The van der Waals surface area contributed by atoms with Gasteiger partial charge in [0.15, 0.2) is 11.5 Å². The number of nitrogens with one attached hydrogen (secondary N) is 2. The minimum absolute atomic E-state index is 0.551. The first-order valence-electron chi connectivity index (χ1n) is 7.78. The van der Waals surface area contributed by atoms with E-state index in [9.17, 15) is 0 Å².